The van der Waals surface area contributed by atoms with Crippen molar-refractivity contribution in [3.05, 3.63) is 24.3 Å². The average Bonchev–Trinajstić information content (AvgIpc) is 2.03. The molecule has 0 fully saturated rings. The molecule has 2 amide bonds. The van der Waals surface area contributed by atoms with Gasteiger partial charge in [0.05, 0.1) is 12.8 Å². The van der Waals surface area contributed by atoms with E-state index in [9.17, 15) is 4.79 Å². The second kappa shape index (κ2) is 3.61. The molecule has 0 spiro atoms. The van der Waals surface area contributed by atoms with Crippen molar-refractivity contribution >= 4 is 11.7 Å². The number of ether oxygens (including phenoxy) is 1. The minimum atomic E-state index is -0.705. The molecule has 0 aromatic heterocycles. The van der Waals surface area contributed by atoms with Crippen molar-refractivity contribution in [1.82, 2.24) is 5.32 Å². The molecule has 0 aliphatic rings. The topological polar surface area (TPSA) is 66.4 Å². The number of nitrogens with two attached hydrogens (primary N) is 1. The lowest BCUT2D eigenvalue weighted by Gasteiger charge is -2.01. The molecule has 0 aliphatic carbocycles. The van der Waals surface area contributed by atoms with E-state index in [1.165, 1.54) is 0 Å². The Kier molecular flexibility index (Phi) is 2.53. The van der Waals surface area contributed by atoms with Crippen molar-refractivity contribution in [2.45, 2.75) is 0 Å². The predicted molar refractivity (Wildman–Crippen MR) is 44.4 cm³/mol. The van der Waals surface area contributed by atoms with E-state index >= 15 is 0 Å². The highest BCUT2D eigenvalue weighted by molar-refractivity contribution is 5.77. The molecule has 0 unspecified atom stereocenters. The Bertz CT molecular complexity index is 286. The van der Waals surface area contributed by atoms with Gasteiger partial charge in [0.1, 0.15) is 5.75 Å². The number of carbonyl (C=O) groups is 1. The maximum atomic E-state index is 10.4. The summed E-state index contributed by atoms with van der Waals surface area (Å²) in [6.07, 6.45) is 0. The number of methoxy groups -OCH3 is 1. The number of hydrogen-bond acceptors (Lipinski definition) is 2. The van der Waals surface area contributed by atoms with Crippen molar-refractivity contribution in [2.24, 2.45) is 5.73 Å². The van der Waals surface area contributed by atoms with Crippen LogP contribution in [0.4, 0.5) is 10.5 Å². The molecule has 0 aliphatic heterocycles. The zero-order valence-corrected chi connectivity index (χ0v) is 6.65. The first-order valence-corrected chi connectivity index (χ1v) is 3.37. The number of urea groups is 1. The summed E-state index contributed by atoms with van der Waals surface area (Å²) >= 11 is 0. The van der Waals surface area contributed by atoms with Crippen molar-refractivity contribution in [3.8, 4) is 5.75 Å². The highest BCUT2D eigenvalue weighted by Gasteiger charge is 1.99. The number of carbonyl (C=O) groups excluding carboxylic acids is 1. The van der Waals surface area contributed by atoms with E-state index < -0.39 is 6.03 Å². The van der Waals surface area contributed by atoms with Crippen molar-refractivity contribution in [3.63, 3.8) is 0 Å². The first kappa shape index (κ1) is 8.39. The molecule has 0 atom stereocenters. The maximum Gasteiger partial charge on any atom is 0.338 e. The van der Waals surface area contributed by atoms with E-state index in [0.29, 0.717) is 11.4 Å². The molecule has 1 radical (unpaired) electrons. The highest BCUT2D eigenvalue weighted by atomic mass is 16.5. The van der Waals surface area contributed by atoms with Gasteiger partial charge in [0.15, 0.2) is 0 Å². The van der Waals surface area contributed by atoms with E-state index in [0.717, 1.165) is 0 Å². The molecule has 1 aromatic carbocycles. The molecule has 4 nitrogen and oxygen atoms in total. The van der Waals surface area contributed by atoms with Gasteiger partial charge in [-0.2, -0.15) is 5.32 Å². The molecular weight excluding hydrogens is 156 g/mol. The third kappa shape index (κ3) is 2.16. The smallest absolute Gasteiger partial charge is 0.338 e. The minimum absolute atomic E-state index is 0.502. The summed E-state index contributed by atoms with van der Waals surface area (Å²) in [7, 11) is 1.55. The molecule has 0 bridgehead atoms. The largest absolute Gasteiger partial charge is 0.497 e. The van der Waals surface area contributed by atoms with Crippen LogP contribution in [0.1, 0.15) is 0 Å². The minimum Gasteiger partial charge on any atom is -0.497 e. The third-order valence-corrected chi connectivity index (χ3v) is 1.29. The number of primary amides is 1. The van der Waals surface area contributed by atoms with Gasteiger partial charge < -0.3 is 10.5 Å². The number of benzene rings is 1. The molecule has 2 N–H and O–H groups in total. The van der Waals surface area contributed by atoms with Gasteiger partial charge in [-0.3, -0.25) is 0 Å². The summed E-state index contributed by atoms with van der Waals surface area (Å²) in [6, 6.07) is 6.10. The van der Waals surface area contributed by atoms with Gasteiger partial charge in [0, 0.05) is 6.07 Å². The first-order chi connectivity index (χ1) is 5.72. The number of nitrogens with zero attached hydrogens (tertiary/aromatic N) is 1. The summed E-state index contributed by atoms with van der Waals surface area (Å²) in [5, 5.41) is 3.53. The van der Waals surface area contributed by atoms with Crippen LogP contribution in [0.5, 0.6) is 5.75 Å². The van der Waals surface area contributed by atoms with Crippen molar-refractivity contribution in [2.75, 3.05) is 7.11 Å². The normalized spacial score (nSPS) is 9.08. The summed E-state index contributed by atoms with van der Waals surface area (Å²) in [5.41, 5.74) is 5.37. The van der Waals surface area contributed by atoms with Crippen LogP contribution in [-0.4, -0.2) is 13.1 Å². The average molecular weight is 165 g/mol. The Balaban J connectivity index is 2.79. The molecule has 4 heteroatoms. The quantitative estimate of drug-likeness (QED) is 0.710. The monoisotopic (exact) mass is 165 g/mol. The second-order valence-corrected chi connectivity index (χ2v) is 2.15. The number of amides is 2. The molecule has 0 heterocycles. The lowest BCUT2D eigenvalue weighted by atomic mass is 10.3. The van der Waals surface area contributed by atoms with Crippen LogP contribution in [0.15, 0.2) is 24.3 Å². The van der Waals surface area contributed by atoms with Crippen LogP contribution < -0.4 is 15.8 Å². The number of rotatable bonds is 2. The van der Waals surface area contributed by atoms with Gasteiger partial charge >= 0.3 is 6.03 Å². The highest BCUT2D eigenvalue weighted by Crippen LogP contribution is 2.16. The summed E-state index contributed by atoms with van der Waals surface area (Å²) < 4.78 is 4.92. The SMILES string of the molecule is COc1cccc([N]C(N)=O)c1. The molecule has 0 saturated carbocycles. The first-order valence-electron chi connectivity index (χ1n) is 3.37. The van der Waals surface area contributed by atoms with Crippen LogP contribution in [-0.2, 0) is 0 Å². The van der Waals surface area contributed by atoms with Gasteiger partial charge in [-0.1, -0.05) is 6.07 Å². The fraction of sp³-hybridized carbons (Fsp3) is 0.125. The summed E-state index contributed by atoms with van der Waals surface area (Å²) in [5.74, 6) is 0.650. The standard InChI is InChI=1S/C8H9N2O2/c1-12-7-4-2-3-6(5-7)10-8(9)11/h2-5H,1H3,(H2,9,11). The lowest BCUT2D eigenvalue weighted by Crippen LogP contribution is -2.18. The predicted octanol–water partition coefficient (Wildman–Crippen LogP) is 1.01. The van der Waals surface area contributed by atoms with Gasteiger partial charge in [-0.15, -0.1) is 0 Å². The van der Waals surface area contributed by atoms with E-state index in [1.54, 1.807) is 31.4 Å². The summed E-state index contributed by atoms with van der Waals surface area (Å²) in [6.45, 7) is 0. The van der Waals surface area contributed by atoms with E-state index in [4.69, 9.17) is 10.5 Å². The lowest BCUT2D eigenvalue weighted by molar-refractivity contribution is 0.252. The third-order valence-electron chi connectivity index (χ3n) is 1.29. The fourth-order valence-corrected chi connectivity index (χ4v) is 0.807. The van der Waals surface area contributed by atoms with Crippen molar-refractivity contribution < 1.29 is 9.53 Å². The Morgan fingerprint density at radius 1 is 1.58 bits per heavy atom. The van der Waals surface area contributed by atoms with E-state index in [1.807, 2.05) is 0 Å². The Labute approximate surface area is 70.3 Å². The van der Waals surface area contributed by atoms with Crippen LogP contribution >= 0.6 is 0 Å². The van der Waals surface area contributed by atoms with Crippen molar-refractivity contribution in [1.29, 1.82) is 0 Å². The maximum absolute atomic E-state index is 10.4. The van der Waals surface area contributed by atoms with Gasteiger partial charge in [-0.25, -0.2) is 4.79 Å². The molecule has 12 heavy (non-hydrogen) atoms. The van der Waals surface area contributed by atoms with E-state index in [2.05, 4.69) is 5.32 Å². The molecule has 1 aromatic rings. The fourth-order valence-electron chi connectivity index (χ4n) is 0.807. The van der Waals surface area contributed by atoms with Gasteiger partial charge in [0.2, 0.25) is 0 Å². The summed E-state index contributed by atoms with van der Waals surface area (Å²) in [4.78, 5) is 10.4. The Morgan fingerprint density at radius 3 is 2.92 bits per heavy atom. The Hall–Kier alpha value is -1.71. The second-order valence-electron chi connectivity index (χ2n) is 2.15. The Morgan fingerprint density at radius 2 is 2.33 bits per heavy atom. The molecular formula is C8H9N2O2. The molecule has 63 valence electrons. The van der Waals surface area contributed by atoms with Gasteiger partial charge in [0.25, 0.3) is 0 Å². The molecule has 1 rings (SSSR count). The van der Waals surface area contributed by atoms with Gasteiger partial charge in [-0.05, 0) is 12.1 Å². The number of hydrogen-bond donors (Lipinski definition) is 1. The van der Waals surface area contributed by atoms with Crippen LogP contribution in [0.3, 0.4) is 0 Å². The zero-order valence-electron chi connectivity index (χ0n) is 6.65. The molecule has 0 saturated heterocycles. The van der Waals surface area contributed by atoms with E-state index in [-0.39, 0.29) is 0 Å². The van der Waals surface area contributed by atoms with Crippen LogP contribution in [0.2, 0.25) is 0 Å². The van der Waals surface area contributed by atoms with Crippen LogP contribution in [0, 0.1) is 0 Å². The zero-order chi connectivity index (χ0) is 8.97. The van der Waals surface area contributed by atoms with Crippen LogP contribution in [0.25, 0.3) is 0 Å².